The molecule has 1 N–H and O–H groups in total. The van der Waals surface area contributed by atoms with Crippen LogP contribution in [0.15, 0.2) is 23.5 Å². The highest BCUT2D eigenvalue weighted by Crippen LogP contribution is 2.61. The van der Waals surface area contributed by atoms with Gasteiger partial charge >= 0.3 is 11.9 Å². The van der Waals surface area contributed by atoms with Gasteiger partial charge in [0.05, 0.1) is 6.10 Å². The molecule has 2 saturated heterocycles. The molecule has 7 atom stereocenters. The lowest BCUT2D eigenvalue weighted by atomic mass is 9.66. The molecule has 30 heavy (non-hydrogen) atoms. The Labute approximate surface area is 175 Å². The van der Waals surface area contributed by atoms with Crippen molar-refractivity contribution in [3.05, 3.63) is 23.5 Å². The fourth-order valence-corrected chi connectivity index (χ4v) is 5.25. The van der Waals surface area contributed by atoms with Gasteiger partial charge in [-0.2, -0.15) is 0 Å². The summed E-state index contributed by atoms with van der Waals surface area (Å²) in [5, 5.41) is 11.6. The number of ketones is 1. The fraction of sp³-hybridized carbons (Fsp3) is 0.682. The van der Waals surface area contributed by atoms with Gasteiger partial charge in [0.2, 0.25) is 5.78 Å². The zero-order valence-corrected chi connectivity index (χ0v) is 17.9. The van der Waals surface area contributed by atoms with Crippen LogP contribution in [0.25, 0.3) is 0 Å². The molecule has 0 aliphatic carbocycles. The van der Waals surface area contributed by atoms with E-state index in [2.05, 4.69) is 0 Å². The molecule has 8 nitrogen and oxygen atoms in total. The van der Waals surface area contributed by atoms with Crippen LogP contribution in [0.1, 0.15) is 47.5 Å². The normalized spacial score (nSPS) is 44.5. The summed E-state index contributed by atoms with van der Waals surface area (Å²) in [5.74, 6) is -3.56. The van der Waals surface area contributed by atoms with E-state index in [0.29, 0.717) is 17.8 Å². The molecule has 2 fully saturated rings. The van der Waals surface area contributed by atoms with Crippen LogP contribution in [-0.2, 0) is 33.3 Å². The van der Waals surface area contributed by atoms with Crippen molar-refractivity contribution in [2.24, 2.45) is 17.3 Å². The van der Waals surface area contributed by atoms with Gasteiger partial charge in [-0.3, -0.25) is 14.4 Å². The highest BCUT2D eigenvalue weighted by Gasteiger charge is 2.75. The van der Waals surface area contributed by atoms with E-state index in [1.807, 2.05) is 13.8 Å². The van der Waals surface area contributed by atoms with Crippen molar-refractivity contribution in [3.63, 3.8) is 0 Å². The molecule has 4 heterocycles. The first kappa shape index (κ1) is 21.1. The fourth-order valence-electron chi connectivity index (χ4n) is 5.25. The summed E-state index contributed by atoms with van der Waals surface area (Å²) in [4.78, 5) is 37.2. The zero-order chi connectivity index (χ0) is 22.1. The summed E-state index contributed by atoms with van der Waals surface area (Å²) in [5.41, 5.74) is -2.07. The maximum absolute atomic E-state index is 13.1. The minimum atomic E-state index is -1.74. The number of carbonyl (C=O) groups excluding carboxylic acids is 3. The first-order valence-corrected chi connectivity index (χ1v) is 10.4. The minimum absolute atomic E-state index is 0.122. The van der Waals surface area contributed by atoms with Gasteiger partial charge in [-0.15, -0.1) is 0 Å². The number of ether oxygens (including phenoxy) is 4. The van der Waals surface area contributed by atoms with Crippen LogP contribution < -0.4 is 0 Å². The Morgan fingerprint density at radius 3 is 2.70 bits per heavy atom. The molecule has 0 amide bonds. The quantitative estimate of drug-likeness (QED) is 0.686. The maximum atomic E-state index is 13.1. The standard InChI is InChI=1S/C22H28O8/c1-6-11(2)22(26)21(5)18-15(28-19(21)25)7-13(10-27-12(3)23)14-8-17(24)20(4,29-14)9-16(18)30-22/h7-8,11,15-16,18,26H,6,9-10H2,1-5H3/b13-7-/t11?,15-,16+,18?,20-,21-,22-/m1/s1. The Kier molecular flexibility index (Phi) is 4.67. The van der Waals surface area contributed by atoms with Gasteiger partial charge in [-0.25, -0.2) is 0 Å². The minimum Gasteiger partial charge on any atom is -0.479 e. The third kappa shape index (κ3) is 2.69. The Hall–Kier alpha value is -2.19. The second-order valence-electron chi connectivity index (χ2n) is 9.14. The third-order valence-electron chi connectivity index (χ3n) is 7.27. The smallest absolute Gasteiger partial charge is 0.318 e. The number of carbonyl (C=O) groups is 3. The lowest BCUT2D eigenvalue weighted by Crippen LogP contribution is -2.53. The van der Waals surface area contributed by atoms with Crippen molar-refractivity contribution in [2.45, 2.75) is 71.1 Å². The molecule has 0 aromatic rings. The lowest BCUT2D eigenvalue weighted by Gasteiger charge is -2.38. The second kappa shape index (κ2) is 6.65. The molecule has 164 valence electrons. The number of aliphatic hydroxyl groups is 1. The van der Waals surface area contributed by atoms with Crippen LogP contribution in [0.4, 0.5) is 0 Å². The van der Waals surface area contributed by atoms with Gasteiger partial charge < -0.3 is 24.1 Å². The Balaban J connectivity index is 1.84. The van der Waals surface area contributed by atoms with Gasteiger partial charge in [0.15, 0.2) is 11.4 Å². The number of rotatable bonds is 4. The van der Waals surface area contributed by atoms with Crippen molar-refractivity contribution in [1.82, 2.24) is 0 Å². The highest BCUT2D eigenvalue weighted by atomic mass is 16.7. The van der Waals surface area contributed by atoms with E-state index in [1.165, 1.54) is 13.0 Å². The van der Waals surface area contributed by atoms with Crippen LogP contribution in [0.3, 0.4) is 0 Å². The number of hydrogen-bond donors (Lipinski definition) is 1. The monoisotopic (exact) mass is 420 g/mol. The molecule has 0 spiro atoms. The Morgan fingerprint density at radius 1 is 1.37 bits per heavy atom. The number of fused-ring (bicyclic) bond motifs is 2. The molecule has 0 aromatic heterocycles. The molecule has 0 radical (unpaired) electrons. The molecular weight excluding hydrogens is 392 g/mol. The van der Waals surface area contributed by atoms with E-state index in [-0.39, 0.29) is 24.7 Å². The summed E-state index contributed by atoms with van der Waals surface area (Å²) in [7, 11) is 0. The van der Waals surface area contributed by atoms with Crippen LogP contribution in [0.2, 0.25) is 0 Å². The molecule has 0 aromatic carbocycles. The van der Waals surface area contributed by atoms with E-state index >= 15 is 0 Å². The summed E-state index contributed by atoms with van der Waals surface area (Å²) < 4.78 is 23.1. The molecule has 2 unspecified atom stereocenters. The molecule has 8 heteroatoms. The molecule has 4 rings (SSSR count). The molecule has 2 bridgehead atoms. The first-order chi connectivity index (χ1) is 14.0. The van der Waals surface area contributed by atoms with Crippen LogP contribution in [0.5, 0.6) is 0 Å². The van der Waals surface area contributed by atoms with Gasteiger partial charge in [-0.05, 0) is 26.3 Å². The summed E-state index contributed by atoms with van der Waals surface area (Å²) in [6.07, 6.45) is 2.44. The highest BCUT2D eigenvalue weighted by molar-refractivity contribution is 6.00. The van der Waals surface area contributed by atoms with E-state index in [0.717, 1.165) is 0 Å². The Morgan fingerprint density at radius 2 is 2.07 bits per heavy atom. The SMILES string of the molecule is CCC(C)[C@@]1(O)O[C@H]2C[C@@]3(C)OC(=CC3=O)/C(COC(C)=O)=C\[C@H]3OC(=O)[C@@]1(C)C23. The predicted molar refractivity (Wildman–Crippen MR) is 103 cm³/mol. The summed E-state index contributed by atoms with van der Waals surface area (Å²) >= 11 is 0. The number of hydrogen-bond acceptors (Lipinski definition) is 8. The van der Waals surface area contributed by atoms with Gasteiger partial charge in [0.25, 0.3) is 0 Å². The van der Waals surface area contributed by atoms with Crippen molar-refractivity contribution in [2.75, 3.05) is 6.61 Å². The molecule has 4 aliphatic heterocycles. The van der Waals surface area contributed by atoms with Crippen molar-refractivity contribution < 1.29 is 38.4 Å². The average Bonchev–Trinajstić information content (AvgIpc) is 3.20. The maximum Gasteiger partial charge on any atom is 0.318 e. The molecular formula is C22H28O8. The van der Waals surface area contributed by atoms with Gasteiger partial charge in [-0.1, -0.05) is 13.8 Å². The molecule has 4 aliphatic rings. The van der Waals surface area contributed by atoms with Gasteiger partial charge in [0.1, 0.15) is 23.9 Å². The summed E-state index contributed by atoms with van der Waals surface area (Å²) in [6, 6.07) is 0. The van der Waals surface area contributed by atoms with Crippen LogP contribution in [-0.4, -0.2) is 53.0 Å². The van der Waals surface area contributed by atoms with E-state index < -0.39 is 46.9 Å². The van der Waals surface area contributed by atoms with E-state index in [4.69, 9.17) is 18.9 Å². The van der Waals surface area contributed by atoms with Crippen molar-refractivity contribution in [3.8, 4) is 0 Å². The van der Waals surface area contributed by atoms with Crippen LogP contribution in [0, 0.1) is 17.3 Å². The van der Waals surface area contributed by atoms with Crippen molar-refractivity contribution >= 4 is 17.7 Å². The average molecular weight is 420 g/mol. The predicted octanol–water partition coefficient (Wildman–Crippen LogP) is 1.80. The second-order valence-corrected chi connectivity index (χ2v) is 9.14. The summed E-state index contributed by atoms with van der Waals surface area (Å²) in [6.45, 7) is 8.25. The van der Waals surface area contributed by atoms with Gasteiger partial charge in [0, 0.05) is 36.8 Å². The van der Waals surface area contributed by atoms with E-state index in [9.17, 15) is 19.5 Å². The first-order valence-electron chi connectivity index (χ1n) is 10.4. The number of esters is 2. The van der Waals surface area contributed by atoms with Crippen LogP contribution >= 0.6 is 0 Å². The van der Waals surface area contributed by atoms with E-state index in [1.54, 1.807) is 19.9 Å². The lowest BCUT2D eigenvalue weighted by molar-refractivity contribution is -0.267. The topological polar surface area (TPSA) is 108 Å². The zero-order valence-electron chi connectivity index (χ0n) is 17.9. The largest absolute Gasteiger partial charge is 0.479 e. The molecule has 0 saturated carbocycles. The third-order valence-corrected chi connectivity index (χ3v) is 7.27. The van der Waals surface area contributed by atoms with Crippen molar-refractivity contribution in [1.29, 1.82) is 0 Å². The Bertz CT molecular complexity index is 874.